The van der Waals surface area contributed by atoms with E-state index < -0.39 is 5.41 Å². The Bertz CT molecular complexity index is 714. The molecule has 1 aliphatic heterocycles. The fourth-order valence-electron chi connectivity index (χ4n) is 2.67. The molecule has 106 valence electrons. The number of anilines is 1. The SMILES string of the molecule is CC1(CBr)C(=O)N(c2ccccc2)C(=O)c2ccccc21. The highest BCUT2D eigenvalue weighted by Gasteiger charge is 2.47. The lowest BCUT2D eigenvalue weighted by molar-refractivity contribution is -0.122. The average molecular weight is 344 g/mol. The van der Waals surface area contributed by atoms with Crippen LogP contribution in [0.5, 0.6) is 0 Å². The van der Waals surface area contributed by atoms with Gasteiger partial charge in [-0.25, -0.2) is 4.90 Å². The number of imide groups is 1. The lowest BCUT2D eigenvalue weighted by atomic mass is 9.77. The van der Waals surface area contributed by atoms with Crippen molar-refractivity contribution in [3.05, 3.63) is 65.7 Å². The Morgan fingerprint density at radius 1 is 1.00 bits per heavy atom. The largest absolute Gasteiger partial charge is 0.273 e. The van der Waals surface area contributed by atoms with E-state index in [1.807, 2.05) is 43.3 Å². The minimum Gasteiger partial charge on any atom is -0.273 e. The average Bonchev–Trinajstić information content (AvgIpc) is 2.54. The van der Waals surface area contributed by atoms with E-state index in [0.29, 0.717) is 16.6 Å². The predicted octanol–water partition coefficient (Wildman–Crippen LogP) is 3.53. The smallest absolute Gasteiger partial charge is 0.265 e. The number of benzene rings is 2. The fraction of sp³-hybridized carbons (Fsp3) is 0.176. The van der Waals surface area contributed by atoms with Crippen LogP contribution in [0.2, 0.25) is 0 Å². The molecule has 1 atom stereocenters. The van der Waals surface area contributed by atoms with E-state index in [-0.39, 0.29) is 11.8 Å². The third kappa shape index (κ3) is 2.02. The number of carbonyl (C=O) groups is 2. The van der Waals surface area contributed by atoms with Gasteiger partial charge in [0, 0.05) is 10.9 Å². The van der Waals surface area contributed by atoms with Gasteiger partial charge in [0.05, 0.1) is 11.1 Å². The summed E-state index contributed by atoms with van der Waals surface area (Å²) in [5.41, 5.74) is 1.22. The first-order chi connectivity index (χ1) is 10.1. The Kier molecular flexibility index (Phi) is 3.41. The molecule has 4 heteroatoms. The maximum absolute atomic E-state index is 12.9. The van der Waals surface area contributed by atoms with Gasteiger partial charge in [-0.05, 0) is 30.7 Å². The lowest BCUT2D eigenvalue weighted by Gasteiger charge is -2.38. The van der Waals surface area contributed by atoms with Gasteiger partial charge in [-0.3, -0.25) is 9.59 Å². The molecule has 3 nitrogen and oxygen atoms in total. The maximum Gasteiger partial charge on any atom is 0.265 e. The van der Waals surface area contributed by atoms with Gasteiger partial charge in [0.1, 0.15) is 0 Å². The predicted molar refractivity (Wildman–Crippen MR) is 85.8 cm³/mol. The monoisotopic (exact) mass is 343 g/mol. The summed E-state index contributed by atoms with van der Waals surface area (Å²) in [6.07, 6.45) is 0. The fourth-order valence-corrected chi connectivity index (χ4v) is 3.21. The number of amides is 2. The number of fused-ring (bicyclic) bond motifs is 1. The first-order valence-corrected chi connectivity index (χ1v) is 7.81. The quantitative estimate of drug-likeness (QED) is 0.617. The van der Waals surface area contributed by atoms with Gasteiger partial charge in [0.15, 0.2) is 0 Å². The van der Waals surface area contributed by atoms with E-state index in [1.54, 1.807) is 18.2 Å². The molecule has 2 amide bonds. The van der Waals surface area contributed by atoms with Gasteiger partial charge in [0.25, 0.3) is 5.91 Å². The van der Waals surface area contributed by atoms with Crippen molar-refractivity contribution < 1.29 is 9.59 Å². The Labute approximate surface area is 131 Å². The number of hydrogen-bond acceptors (Lipinski definition) is 2. The number of para-hydroxylation sites is 1. The Morgan fingerprint density at radius 3 is 2.29 bits per heavy atom. The molecule has 0 radical (unpaired) electrons. The number of nitrogens with zero attached hydrogens (tertiary/aromatic N) is 1. The van der Waals surface area contributed by atoms with Crippen LogP contribution in [-0.4, -0.2) is 17.1 Å². The lowest BCUT2D eigenvalue weighted by Crippen LogP contribution is -2.54. The number of rotatable bonds is 2. The molecule has 0 spiro atoms. The second-order valence-electron chi connectivity index (χ2n) is 5.29. The summed E-state index contributed by atoms with van der Waals surface area (Å²) < 4.78 is 0. The van der Waals surface area contributed by atoms with E-state index in [4.69, 9.17) is 0 Å². The highest BCUT2D eigenvalue weighted by molar-refractivity contribution is 9.09. The van der Waals surface area contributed by atoms with Crippen molar-refractivity contribution in [2.75, 3.05) is 10.2 Å². The standard InChI is InChI=1S/C17H14BrNO2/c1-17(11-18)14-10-6-5-9-13(14)15(20)19(16(17)21)12-7-3-2-4-8-12/h2-10H,11H2,1H3. The van der Waals surface area contributed by atoms with Crippen LogP contribution in [0.4, 0.5) is 5.69 Å². The highest BCUT2D eigenvalue weighted by Crippen LogP contribution is 2.38. The van der Waals surface area contributed by atoms with Crippen molar-refractivity contribution in [2.24, 2.45) is 0 Å². The molecule has 1 unspecified atom stereocenters. The van der Waals surface area contributed by atoms with Crippen LogP contribution in [0.25, 0.3) is 0 Å². The van der Waals surface area contributed by atoms with E-state index in [9.17, 15) is 9.59 Å². The third-order valence-corrected chi connectivity index (χ3v) is 5.03. The second kappa shape index (κ2) is 5.11. The van der Waals surface area contributed by atoms with Crippen LogP contribution in [-0.2, 0) is 10.2 Å². The Balaban J connectivity index is 2.23. The normalized spacial score (nSPS) is 21.3. The van der Waals surface area contributed by atoms with Crippen molar-refractivity contribution in [3.63, 3.8) is 0 Å². The number of alkyl halides is 1. The first kappa shape index (κ1) is 14.0. The molecular weight excluding hydrogens is 330 g/mol. The zero-order chi connectivity index (χ0) is 15.0. The number of hydrogen-bond donors (Lipinski definition) is 0. The highest BCUT2D eigenvalue weighted by atomic mass is 79.9. The second-order valence-corrected chi connectivity index (χ2v) is 5.85. The minimum atomic E-state index is -0.750. The molecular formula is C17H14BrNO2. The van der Waals surface area contributed by atoms with Crippen LogP contribution in [0.3, 0.4) is 0 Å². The molecule has 0 saturated carbocycles. The molecule has 3 rings (SSSR count). The van der Waals surface area contributed by atoms with Crippen LogP contribution >= 0.6 is 15.9 Å². The Hall–Kier alpha value is -1.94. The maximum atomic E-state index is 12.9. The number of halogens is 1. The van der Waals surface area contributed by atoms with Crippen molar-refractivity contribution in [1.82, 2.24) is 0 Å². The molecule has 2 aromatic rings. The summed E-state index contributed by atoms with van der Waals surface area (Å²) in [5.74, 6) is -0.463. The van der Waals surface area contributed by atoms with Gasteiger partial charge in [-0.15, -0.1) is 0 Å². The molecule has 21 heavy (non-hydrogen) atoms. The Morgan fingerprint density at radius 2 is 1.62 bits per heavy atom. The van der Waals surface area contributed by atoms with Crippen LogP contribution in [0.15, 0.2) is 54.6 Å². The molecule has 0 bridgehead atoms. The minimum absolute atomic E-state index is 0.200. The van der Waals surface area contributed by atoms with Gasteiger partial charge >= 0.3 is 0 Å². The van der Waals surface area contributed by atoms with E-state index in [1.165, 1.54) is 4.90 Å². The van der Waals surface area contributed by atoms with E-state index in [2.05, 4.69) is 15.9 Å². The van der Waals surface area contributed by atoms with Gasteiger partial charge in [0.2, 0.25) is 5.91 Å². The summed E-state index contributed by atoms with van der Waals surface area (Å²) in [5, 5.41) is 0.465. The topological polar surface area (TPSA) is 37.4 Å². The van der Waals surface area contributed by atoms with Crippen molar-refractivity contribution in [1.29, 1.82) is 0 Å². The molecule has 0 aliphatic carbocycles. The molecule has 1 aliphatic rings. The molecule has 0 aromatic heterocycles. The zero-order valence-electron chi connectivity index (χ0n) is 11.5. The number of carbonyl (C=O) groups excluding carboxylic acids is 2. The van der Waals surface area contributed by atoms with E-state index in [0.717, 1.165) is 5.56 Å². The van der Waals surface area contributed by atoms with Crippen molar-refractivity contribution >= 4 is 33.4 Å². The summed E-state index contributed by atoms with van der Waals surface area (Å²) >= 11 is 3.44. The third-order valence-electron chi connectivity index (χ3n) is 3.91. The summed E-state index contributed by atoms with van der Waals surface area (Å²) in [6.45, 7) is 1.87. The molecule has 0 N–H and O–H groups in total. The van der Waals surface area contributed by atoms with Crippen LogP contribution < -0.4 is 4.90 Å². The molecule has 2 aromatic carbocycles. The van der Waals surface area contributed by atoms with Crippen molar-refractivity contribution in [2.45, 2.75) is 12.3 Å². The molecule has 0 saturated heterocycles. The van der Waals surface area contributed by atoms with Crippen LogP contribution in [0, 0.1) is 0 Å². The first-order valence-electron chi connectivity index (χ1n) is 6.69. The van der Waals surface area contributed by atoms with Gasteiger partial charge < -0.3 is 0 Å². The van der Waals surface area contributed by atoms with Crippen LogP contribution in [0.1, 0.15) is 22.8 Å². The molecule has 1 heterocycles. The summed E-state index contributed by atoms with van der Waals surface area (Å²) in [6, 6.07) is 16.4. The molecule has 0 fully saturated rings. The summed E-state index contributed by atoms with van der Waals surface area (Å²) in [4.78, 5) is 26.9. The van der Waals surface area contributed by atoms with Gasteiger partial charge in [-0.1, -0.05) is 52.3 Å². The van der Waals surface area contributed by atoms with Gasteiger partial charge in [-0.2, -0.15) is 0 Å². The zero-order valence-corrected chi connectivity index (χ0v) is 13.1. The van der Waals surface area contributed by atoms with E-state index >= 15 is 0 Å². The summed E-state index contributed by atoms with van der Waals surface area (Å²) in [7, 11) is 0. The van der Waals surface area contributed by atoms with Crippen molar-refractivity contribution in [3.8, 4) is 0 Å².